The lowest BCUT2D eigenvalue weighted by atomic mass is 9.87. The molecular formula is C14H23N3O. The van der Waals surface area contributed by atoms with E-state index >= 15 is 0 Å². The van der Waals surface area contributed by atoms with Gasteiger partial charge in [0.1, 0.15) is 5.69 Å². The third-order valence-electron chi connectivity index (χ3n) is 3.82. The number of rotatable bonds is 4. The molecule has 0 radical (unpaired) electrons. The van der Waals surface area contributed by atoms with Gasteiger partial charge < -0.3 is 15.6 Å². The van der Waals surface area contributed by atoms with Gasteiger partial charge in [-0.3, -0.25) is 4.79 Å². The number of hydrogen-bond donors (Lipinski definition) is 2. The van der Waals surface area contributed by atoms with E-state index in [9.17, 15) is 4.79 Å². The van der Waals surface area contributed by atoms with Crippen molar-refractivity contribution in [3.63, 3.8) is 0 Å². The molecule has 1 aromatic heterocycles. The van der Waals surface area contributed by atoms with E-state index in [1.165, 1.54) is 32.1 Å². The number of hydrogen-bond acceptors (Lipinski definition) is 2. The van der Waals surface area contributed by atoms with Crippen LogP contribution in [0.4, 0.5) is 5.69 Å². The van der Waals surface area contributed by atoms with E-state index in [-0.39, 0.29) is 5.91 Å². The van der Waals surface area contributed by atoms with Crippen molar-refractivity contribution in [3.8, 4) is 0 Å². The largest absolute Gasteiger partial charge is 0.397 e. The van der Waals surface area contributed by atoms with E-state index in [0.717, 1.165) is 18.9 Å². The molecular weight excluding hydrogens is 226 g/mol. The van der Waals surface area contributed by atoms with Crippen LogP contribution in [-0.2, 0) is 7.05 Å². The highest BCUT2D eigenvalue weighted by Gasteiger charge is 2.14. The van der Waals surface area contributed by atoms with Gasteiger partial charge in [0.25, 0.3) is 5.91 Å². The molecule has 4 heteroatoms. The summed E-state index contributed by atoms with van der Waals surface area (Å²) in [6, 6.07) is 1.72. The first-order valence-corrected chi connectivity index (χ1v) is 6.87. The molecule has 0 aromatic carbocycles. The predicted molar refractivity (Wildman–Crippen MR) is 73.4 cm³/mol. The molecule has 1 aliphatic rings. The van der Waals surface area contributed by atoms with Crippen LogP contribution in [0.5, 0.6) is 0 Å². The average Bonchev–Trinajstić information content (AvgIpc) is 2.70. The van der Waals surface area contributed by atoms with Gasteiger partial charge in [0.2, 0.25) is 0 Å². The molecule has 0 unspecified atom stereocenters. The van der Waals surface area contributed by atoms with E-state index in [1.807, 2.05) is 7.05 Å². The van der Waals surface area contributed by atoms with E-state index in [2.05, 4.69) is 5.32 Å². The highest BCUT2D eigenvalue weighted by Crippen LogP contribution is 2.25. The Labute approximate surface area is 109 Å². The lowest BCUT2D eigenvalue weighted by Gasteiger charge is -2.21. The quantitative estimate of drug-likeness (QED) is 0.860. The second-order valence-corrected chi connectivity index (χ2v) is 5.32. The molecule has 0 atom stereocenters. The SMILES string of the molecule is Cn1cc(N)cc1C(=O)NCCC1CCCCC1. The highest BCUT2D eigenvalue weighted by molar-refractivity contribution is 5.93. The molecule has 100 valence electrons. The average molecular weight is 249 g/mol. The number of nitrogens with one attached hydrogen (secondary N) is 1. The summed E-state index contributed by atoms with van der Waals surface area (Å²) < 4.78 is 1.77. The van der Waals surface area contributed by atoms with Crippen LogP contribution in [-0.4, -0.2) is 17.0 Å². The second-order valence-electron chi connectivity index (χ2n) is 5.32. The lowest BCUT2D eigenvalue weighted by Crippen LogP contribution is -2.27. The first kappa shape index (κ1) is 13.0. The van der Waals surface area contributed by atoms with Crippen molar-refractivity contribution in [2.24, 2.45) is 13.0 Å². The smallest absolute Gasteiger partial charge is 0.267 e. The molecule has 0 spiro atoms. The fourth-order valence-electron chi connectivity index (χ4n) is 2.77. The second kappa shape index (κ2) is 5.94. The topological polar surface area (TPSA) is 60.0 Å². The van der Waals surface area contributed by atoms with E-state index in [0.29, 0.717) is 11.4 Å². The number of nitrogens with zero attached hydrogens (tertiary/aromatic N) is 1. The Bertz CT molecular complexity index is 405. The summed E-state index contributed by atoms with van der Waals surface area (Å²) in [5, 5.41) is 2.99. The van der Waals surface area contributed by atoms with Crippen molar-refractivity contribution in [1.29, 1.82) is 0 Å². The van der Waals surface area contributed by atoms with Gasteiger partial charge in [-0.15, -0.1) is 0 Å². The van der Waals surface area contributed by atoms with Crippen LogP contribution in [0.2, 0.25) is 0 Å². The number of nitrogens with two attached hydrogens (primary N) is 1. The van der Waals surface area contributed by atoms with E-state index in [4.69, 9.17) is 5.73 Å². The Morgan fingerprint density at radius 3 is 2.78 bits per heavy atom. The van der Waals surface area contributed by atoms with Crippen molar-refractivity contribution in [2.75, 3.05) is 12.3 Å². The Kier molecular flexibility index (Phi) is 4.28. The lowest BCUT2D eigenvalue weighted by molar-refractivity contribution is 0.0942. The molecule has 0 saturated heterocycles. The number of anilines is 1. The van der Waals surface area contributed by atoms with Crippen molar-refractivity contribution in [2.45, 2.75) is 38.5 Å². The summed E-state index contributed by atoms with van der Waals surface area (Å²) in [6.45, 7) is 0.772. The standard InChI is InChI=1S/C14H23N3O/c1-17-10-12(15)9-13(17)14(18)16-8-7-11-5-3-2-4-6-11/h9-11H,2-8,15H2,1H3,(H,16,18). The van der Waals surface area contributed by atoms with Gasteiger partial charge in [0.05, 0.1) is 5.69 Å². The van der Waals surface area contributed by atoms with Crippen molar-refractivity contribution >= 4 is 11.6 Å². The van der Waals surface area contributed by atoms with Crippen molar-refractivity contribution < 1.29 is 4.79 Å². The summed E-state index contributed by atoms with van der Waals surface area (Å²) >= 11 is 0. The molecule has 1 heterocycles. The van der Waals surface area contributed by atoms with Gasteiger partial charge in [0, 0.05) is 19.8 Å². The maximum Gasteiger partial charge on any atom is 0.267 e. The van der Waals surface area contributed by atoms with Gasteiger partial charge in [0.15, 0.2) is 0 Å². The molecule has 18 heavy (non-hydrogen) atoms. The predicted octanol–water partition coefficient (Wildman–Crippen LogP) is 2.31. The van der Waals surface area contributed by atoms with Crippen LogP contribution in [0, 0.1) is 5.92 Å². The van der Waals surface area contributed by atoms with E-state index in [1.54, 1.807) is 16.8 Å². The molecule has 0 bridgehead atoms. The Hall–Kier alpha value is -1.45. The molecule has 1 aliphatic carbocycles. The van der Waals surface area contributed by atoms with Crippen LogP contribution in [0.25, 0.3) is 0 Å². The first-order chi connectivity index (χ1) is 8.66. The van der Waals surface area contributed by atoms with Crippen molar-refractivity contribution in [1.82, 2.24) is 9.88 Å². The number of carbonyl (C=O) groups excluding carboxylic acids is 1. The number of carbonyl (C=O) groups is 1. The monoisotopic (exact) mass is 249 g/mol. The summed E-state index contributed by atoms with van der Waals surface area (Å²) in [4.78, 5) is 11.9. The maximum atomic E-state index is 11.9. The first-order valence-electron chi connectivity index (χ1n) is 6.87. The third-order valence-corrected chi connectivity index (χ3v) is 3.82. The number of nitrogen functional groups attached to an aromatic ring is 1. The molecule has 2 rings (SSSR count). The highest BCUT2D eigenvalue weighted by atomic mass is 16.1. The zero-order chi connectivity index (χ0) is 13.0. The van der Waals surface area contributed by atoms with Crippen LogP contribution in [0.3, 0.4) is 0 Å². The van der Waals surface area contributed by atoms with Crippen molar-refractivity contribution in [3.05, 3.63) is 18.0 Å². The van der Waals surface area contributed by atoms with Gasteiger partial charge in [-0.05, 0) is 18.4 Å². The molecule has 1 fully saturated rings. The summed E-state index contributed by atoms with van der Waals surface area (Å²) in [5.74, 6) is 0.780. The Balaban J connectivity index is 1.76. The zero-order valence-corrected chi connectivity index (χ0v) is 11.1. The minimum Gasteiger partial charge on any atom is -0.397 e. The number of aryl methyl sites for hydroxylation is 1. The minimum atomic E-state index is -0.0231. The third kappa shape index (κ3) is 3.28. The Morgan fingerprint density at radius 1 is 1.44 bits per heavy atom. The maximum absolute atomic E-state index is 11.9. The molecule has 1 aromatic rings. The minimum absolute atomic E-state index is 0.0231. The van der Waals surface area contributed by atoms with Crippen LogP contribution in [0.15, 0.2) is 12.3 Å². The zero-order valence-electron chi connectivity index (χ0n) is 11.1. The molecule has 0 aliphatic heterocycles. The normalized spacial score (nSPS) is 16.7. The van der Waals surface area contributed by atoms with Crippen LogP contribution >= 0.6 is 0 Å². The summed E-state index contributed by atoms with van der Waals surface area (Å²) in [7, 11) is 1.84. The fraction of sp³-hybridized carbons (Fsp3) is 0.643. The molecule has 3 N–H and O–H groups in total. The Morgan fingerprint density at radius 2 is 2.17 bits per heavy atom. The van der Waals surface area contributed by atoms with Gasteiger partial charge in [-0.25, -0.2) is 0 Å². The fourth-order valence-corrected chi connectivity index (χ4v) is 2.77. The molecule has 1 amide bonds. The van der Waals surface area contributed by atoms with Gasteiger partial charge >= 0.3 is 0 Å². The van der Waals surface area contributed by atoms with Gasteiger partial charge in [-0.2, -0.15) is 0 Å². The number of amides is 1. The summed E-state index contributed by atoms with van der Waals surface area (Å²) in [5.41, 5.74) is 6.93. The number of aromatic nitrogens is 1. The van der Waals surface area contributed by atoms with Gasteiger partial charge in [-0.1, -0.05) is 32.1 Å². The van der Waals surface area contributed by atoms with E-state index < -0.39 is 0 Å². The van der Waals surface area contributed by atoms with Crippen LogP contribution in [0.1, 0.15) is 49.0 Å². The molecule has 1 saturated carbocycles. The van der Waals surface area contributed by atoms with Crippen LogP contribution < -0.4 is 11.1 Å². The molecule has 4 nitrogen and oxygen atoms in total. The summed E-state index contributed by atoms with van der Waals surface area (Å²) in [6.07, 6.45) is 9.60.